The Kier molecular flexibility index (Phi) is 2.78. The summed E-state index contributed by atoms with van der Waals surface area (Å²) in [6, 6.07) is 2.89. The van der Waals surface area contributed by atoms with E-state index in [9.17, 15) is 8.78 Å². The SMILES string of the molecule is Fc1ccc2c(c1F)CCC2CC1=CNC(=S)[N]1. The summed E-state index contributed by atoms with van der Waals surface area (Å²) >= 11 is 4.91. The molecule has 1 aliphatic carbocycles. The van der Waals surface area contributed by atoms with Gasteiger partial charge in [0.25, 0.3) is 0 Å². The fourth-order valence-electron chi connectivity index (χ4n) is 2.63. The topological polar surface area (TPSA) is 26.1 Å². The Labute approximate surface area is 109 Å². The van der Waals surface area contributed by atoms with Crippen molar-refractivity contribution >= 4 is 17.3 Å². The van der Waals surface area contributed by atoms with E-state index in [1.54, 1.807) is 12.3 Å². The van der Waals surface area contributed by atoms with E-state index in [1.165, 1.54) is 6.07 Å². The van der Waals surface area contributed by atoms with Gasteiger partial charge in [-0.3, -0.25) is 0 Å². The van der Waals surface area contributed by atoms with Crippen LogP contribution in [-0.2, 0) is 6.42 Å². The summed E-state index contributed by atoms with van der Waals surface area (Å²) in [4.78, 5) is 0. The van der Waals surface area contributed by atoms with Gasteiger partial charge in [-0.2, -0.15) is 0 Å². The smallest absolute Gasteiger partial charge is 0.197 e. The lowest BCUT2D eigenvalue weighted by Gasteiger charge is -2.11. The predicted molar refractivity (Wildman–Crippen MR) is 68.0 cm³/mol. The molecule has 0 saturated heterocycles. The normalized spacial score (nSPS) is 21.3. The standard InChI is InChI=1S/C13H11F2N2S/c14-11-4-3-9-7(1-2-10(9)12(11)15)5-8-6-16-13(18)17-8/h3-4,6-7H,1-2,5H2,(H,16,18). The van der Waals surface area contributed by atoms with E-state index in [-0.39, 0.29) is 5.92 Å². The molecule has 2 nitrogen and oxygen atoms in total. The largest absolute Gasteiger partial charge is 0.336 e. The molecule has 1 radical (unpaired) electrons. The molecule has 1 aromatic rings. The van der Waals surface area contributed by atoms with Crippen LogP contribution in [0.2, 0.25) is 0 Å². The van der Waals surface area contributed by atoms with E-state index in [1.807, 2.05) is 0 Å². The van der Waals surface area contributed by atoms with Crippen LogP contribution >= 0.6 is 12.2 Å². The second-order valence-corrected chi connectivity index (χ2v) is 4.95. The maximum atomic E-state index is 13.6. The van der Waals surface area contributed by atoms with Crippen LogP contribution in [0.3, 0.4) is 0 Å². The fraction of sp³-hybridized carbons (Fsp3) is 0.308. The van der Waals surface area contributed by atoms with Crippen molar-refractivity contribution in [3.05, 3.63) is 46.8 Å². The van der Waals surface area contributed by atoms with Gasteiger partial charge in [0.1, 0.15) is 0 Å². The van der Waals surface area contributed by atoms with Crippen LogP contribution in [0.25, 0.3) is 0 Å². The van der Waals surface area contributed by atoms with Crippen molar-refractivity contribution in [1.29, 1.82) is 0 Å². The molecule has 93 valence electrons. The summed E-state index contributed by atoms with van der Waals surface area (Å²) in [7, 11) is 0. The highest BCUT2D eigenvalue weighted by molar-refractivity contribution is 7.80. The molecule has 1 unspecified atom stereocenters. The van der Waals surface area contributed by atoms with E-state index in [4.69, 9.17) is 12.2 Å². The zero-order valence-corrected chi connectivity index (χ0v) is 10.4. The van der Waals surface area contributed by atoms with Crippen molar-refractivity contribution in [3.8, 4) is 0 Å². The van der Waals surface area contributed by atoms with Gasteiger partial charge in [0.05, 0.1) is 5.70 Å². The first-order chi connectivity index (χ1) is 8.65. The Hall–Kier alpha value is -1.49. The van der Waals surface area contributed by atoms with Gasteiger partial charge in [-0.05, 0) is 54.6 Å². The summed E-state index contributed by atoms with van der Waals surface area (Å²) in [6.45, 7) is 0. The summed E-state index contributed by atoms with van der Waals surface area (Å²) in [5, 5.41) is 7.50. The van der Waals surface area contributed by atoms with E-state index in [2.05, 4.69) is 10.6 Å². The van der Waals surface area contributed by atoms with Crippen LogP contribution in [0.15, 0.2) is 24.0 Å². The number of nitrogens with one attached hydrogen (secondary N) is 1. The lowest BCUT2D eigenvalue weighted by Crippen LogP contribution is -2.16. The van der Waals surface area contributed by atoms with Crippen molar-refractivity contribution in [2.24, 2.45) is 0 Å². The third-order valence-corrected chi connectivity index (χ3v) is 3.69. The molecule has 18 heavy (non-hydrogen) atoms. The Bertz CT molecular complexity index is 554. The first-order valence-electron chi connectivity index (χ1n) is 5.83. The maximum Gasteiger partial charge on any atom is 0.197 e. The molecule has 0 aromatic heterocycles. The number of hydrogen-bond donors (Lipinski definition) is 1. The molecule has 0 bridgehead atoms. The Morgan fingerprint density at radius 3 is 2.94 bits per heavy atom. The molecule has 1 aliphatic heterocycles. The van der Waals surface area contributed by atoms with Crippen LogP contribution in [-0.4, -0.2) is 5.11 Å². The van der Waals surface area contributed by atoms with Crippen molar-refractivity contribution in [2.45, 2.75) is 25.2 Å². The van der Waals surface area contributed by atoms with Crippen molar-refractivity contribution in [2.75, 3.05) is 0 Å². The second-order valence-electron chi connectivity index (χ2n) is 4.57. The highest BCUT2D eigenvalue weighted by atomic mass is 32.1. The number of benzene rings is 1. The van der Waals surface area contributed by atoms with Crippen LogP contribution in [0, 0.1) is 11.6 Å². The lowest BCUT2D eigenvalue weighted by molar-refractivity contribution is 0.500. The molecule has 0 saturated carbocycles. The van der Waals surface area contributed by atoms with Crippen LogP contribution < -0.4 is 10.6 Å². The number of nitrogens with zero attached hydrogens (tertiary/aromatic N) is 1. The van der Waals surface area contributed by atoms with Gasteiger partial charge in [0.2, 0.25) is 0 Å². The summed E-state index contributed by atoms with van der Waals surface area (Å²) in [6.07, 6.45) is 3.91. The molecule has 1 N–H and O–H groups in total. The first-order valence-corrected chi connectivity index (χ1v) is 6.24. The minimum atomic E-state index is -0.762. The summed E-state index contributed by atoms with van der Waals surface area (Å²) in [5.74, 6) is -1.25. The minimum absolute atomic E-state index is 0.202. The molecule has 1 atom stereocenters. The number of thiocarbonyl (C=S) groups is 1. The number of hydrogen-bond acceptors (Lipinski definition) is 1. The van der Waals surface area contributed by atoms with Crippen molar-refractivity contribution < 1.29 is 8.78 Å². The van der Waals surface area contributed by atoms with E-state index in [0.29, 0.717) is 23.5 Å². The van der Waals surface area contributed by atoms with E-state index < -0.39 is 11.6 Å². The predicted octanol–water partition coefficient (Wildman–Crippen LogP) is 2.72. The van der Waals surface area contributed by atoms with Crippen LogP contribution in [0.5, 0.6) is 0 Å². The molecule has 0 spiro atoms. The molecule has 0 fully saturated rings. The Balaban J connectivity index is 1.83. The van der Waals surface area contributed by atoms with Gasteiger partial charge in [-0.25, -0.2) is 14.1 Å². The highest BCUT2D eigenvalue weighted by Gasteiger charge is 2.28. The van der Waals surface area contributed by atoms with E-state index >= 15 is 0 Å². The molecular formula is C13H11F2N2S. The molecule has 1 aromatic carbocycles. The monoisotopic (exact) mass is 265 g/mol. The molecule has 3 rings (SSSR count). The third kappa shape index (κ3) is 1.88. The van der Waals surface area contributed by atoms with Gasteiger partial charge in [0, 0.05) is 6.20 Å². The van der Waals surface area contributed by atoms with E-state index in [0.717, 1.165) is 17.7 Å². The van der Waals surface area contributed by atoms with Crippen molar-refractivity contribution in [1.82, 2.24) is 10.6 Å². The highest BCUT2D eigenvalue weighted by Crippen LogP contribution is 2.39. The van der Waals surface area contributed by atoms with Gasteiger partial charge in [-0.1, -0.05) is 6.07 Å². The molecule has 2 aliphatic rings. The molecule has 5 heteroatoms. The average Bonchev–Trinajstić information content (AvgIpc) is 2.92. The molecule has 1 heterocycles. The Morgan fingerprint density at radius 2 is 2.22 bits per heavy atom. The van der Waals surface area contributed by atoms with Gasteiger partial charge in [0.15, 0.2) is 16.7 Å². The van der Waals surface area contributed by atoms with Crippen LogP contribution in [0.4, 0.5) is 8.78 Å². The summed E-state index contributed by atoms with van der Waals surface area (Å²) < 4.78 is 26.7. The van der Waals surface area contributed by atoms with Crippen molar-refractivity contribution in [3.63, 3.8) is 0 Å². The lowest BCUT2D eigenvalue weighted by atomic mass is 9.96. The Morgan fingerprint density at radius 1 is 1.39 bits per heavy atom. The average molecular weight is 265 g/mol. The van der Waals surface area contributed by atoms with Gasteiger partial charge in [-0.15, -0.1) is 0 Å². The number of rotatable bonds is 2. The van der Waals surface area contributed by atoms with Gasteiger partial charge < -0.3 is 5.32 Å². The second kappa shape index (κ2) is 4.31. The fourth-order valence-corrected chi connectivity index (χ4v) is 2.80. The zero-order valence-electron chi connectivity index (χ0n) is 9.54. The van der Waals surface area contributed by atoms with Gasteiger partial charge >= 0.3 is 0 Å². The van der Waals surface area contributed by atoms with Crippen LogP contribution in [0.1, 0.15) is 29.9 Å². The number of fused-ring (bicyclic) bond motifs is 1. The first kappa shape index (κ1) is 11.6. The zero-order chi connectivity index (χ0) is 12.7. The number of halogens is 2. The number of allylic oxidation sites excluding steroid dienone is 1. The quantitative estimate of drug-likeness (QED) is 0.832. The molecular weight excluding hydrogens is 254 g/mol. The third-order valence-electron chi connectivity index (χ3n) is 3.48. The molecule has 0 amide bonds. The maximum absolute atomic E-state index is 13.6. The summed E-state index contributed by atoms with van der Waals surface area (Å²) in [5.41, 5.74) is 2.31. The minimum Gasteiger partial charge on any atom is -0.336 e.